The first kappa shape index (κ1) is 27.0. The second-order valence-electron chi connectivity index (χ2n) is 8.67. The van der Waals surface area contributed by atoms with E-state index in [1.807, 2.05) is 4.90 Å². The topological polar surface area (TPSA) is 49.8 Å². The van der Waals surface area contributed by atoms with Crippen LogP contribution in [0.1, 0.15) is 47.4 Å². The van der Waals surface area contributed by atoms with Gasteiger partial charge in [-0.25, -0.2) is 0 Å². The minimum Gasteiger partial charge on any atom is -0.481 e. The number of alkyl halides is 6. The zero-order chi connectivity index (χ0) is 25.6. The highest BCUT2D eigenvalue weighted by Crippen LogP contribution is 2.35. The van der Waals surface area contributed by atoms with Gasteiger partial charge in [0.1, 0.15) is 0 Å². The monoisotopic (exact) mass is 503 g/mol. The fraction of sp³-hybridized carbons (Fsp3) is 0.480. The van der Waals surface area contributed by atoms with Gasteiger partial charge in [-0.2, -0.15) is 26.3 Å². The molecule has 10 heteroatoms. The van der Waals surface area contributed by atoms with E-state index in [-0.39, 0.29) is 6.61 Å². The smallest absolute Gasteiger partial charge is 0.416 e. The van der Waals surface area contributed by atoms with Crippen molar-refractivity contribution in [1.82, 2.24) is 4.90 Å². The minimum atomic E-state index is -4.49. The summed E-state index contributed by atoms with van der Waals surface area (Å²) in [5, 5.41) is 9.18. The Kier molecular flexibility index (Phi) is 8.82. The molecule has 0 radical (unpaired) electrons. The molecule has 2 aromatic carbocycles. The number of carboxylic acids is 1. The largest absolute Gasteiger partial charge is 0.481 e. The van der Waals surface area contributed by atoms with E-state index < -0.39 is 41.3 Å². The van der Waals surface area contributed by atoms with Crippen molar-refractivity contribution in [3.05, 3.63) is 70.8 Å². The number of hydrogen-bond acceptors (Lipinski definition) is 3. The van der Waals surface area contributed by atoms with E-state index in [4.69, 9.17) is 4.74 Å². The predicted molar refractivity (Wildman–Crippen MR) is 117 cm³/mol. The van der Waals surface area contributed by atoms with Crippen LogP contribution < -0.4 is 0 Å². The van der Waals surface area contributed by atoms with Gasteiger partial charge in [-0.15, -0.1) is 0 Å². The third-order valence-electron chi connectivity index (χ3n) is 6.24. The van der Waals surface area contributed by atoms with Crippen LogP contribution in [0, 0.1) is 5.92 Å². The van der Waals surface area contributed by atoms with E-state index in [0.29, 0.717) is 43.7 Å². The van der Waals surface area contributed by atoms with Crippen molar-refractivity contribution in [2.45, 2.75) is 37.5 Å². The number of ether oxygens (including phenoxy) is 1. The van der Waals surface area contributed by atoms with Gasteiger partial charge >= 0.3 is 18.3 Å². The van der Waals surface area contributed by atoms with Gasteiger partial charge in [0.05, 0.1) is 23.7 Å². The summed E-state index contributed by atoms with van der Waals surface area (Å²) < 4.78 is 83.4. The van der Waals surface area contributed by atoms with Crippen LogP contribution in [0.5, 0.6) is 0 Å². The standard InChI is InChI=1S/C25H27F6NO3/c26-24(27,28)20-7-3-17(4-8-20)22(18-5-9-21(10-6-18)25(29,30)31)11-14-35-15-13-32-12-1-2-19(16-32)23(33)34/h3-10,19,22H,1-2,11-16H2,(H,33,34)/t19-/m1/s1. The molecule has 35 heavy (non-hydrogen) atoms. The molecule has 192 valence electrons. The molecule has 0 bridgehead atoms. The highest BCUT2D eigenvalue weighted by Gasteiger charge is 2.32. The van der Waals surface area contributed by atoms with Crippen molar-refractivity contribution in [2.75, 3.05) is 32.8 Å². The molecular formula is C25H27F6NO3. The fourth-order valence-electron chi connectivity index (χ4n) is 4.29. The molecule has 3 rings (SSSR count). The van der Waals surface area contributed by atoms with Crippen LogP contribution in [0.3, 0.4) is 0 Å². The van der Waals surface area contributed by atoms with E-state index in [2.05, 4.69) is 0 Å². The number of likely N-dealkylation sites (tertiary alicyclic amines) is 1. The van der Waals surface area contributed by atoms with Gasteiger partial charge < -0.3 is 14.7 Å². The quantitative estimate of drug-likeness (QED) is 0.334. The average Bonchev–Trinajstić information content (AvgIpc) is 2.81. The Balaban J connectivity index is 1.64. The maximum absolute atomic E-state index is 12.9. The Hall–Kier alpha value is -2.59. The summed E-state index contributed by atoms with van der Waals surface area (Å²) in [4.78, 5) is 13.2. The Morgan fingerprint density at radius 1 is 0.914 bits per heavy atom. The van der Waals surface area contributed by atoms with Crippen LogP contribution in [-0.4, -0.2) is 48.8 Å². The first-order chi connectivity index (χ1) is 16.4. The highest BCUT2D eigenvalue weighted by molar-refractivity contribution is 5.70. The van der Waals surface area contributed by atoms with Crippen molar-refractivity contribution < 1.29 is 41.0 Å². The number of hydrogen-bond donors (Lipinski definition) is 1. The molecule has 4 nitrogen and oxygen atoms in total. The van der Waals surface area contributed by atoms with Crippen LogP contribution in [-0.2, 0) is 21.9 Å². The molecule has 0 amide bonds. The molecule has 0 saturated carbocycles. The number of benzene rings is 2. The normalized spacial score (nSPS) is 17.6. The van der Waals surface area contributed by atoms with Crippen molar-refractivity contribution in [3.8, 4) is 0 Å². The summed E-state index contributed by atoms with van der Waals surface area (Å²) in [5.41, 5.74) is -0.516. The zero-order valence-corrected chi connectivity index (χ0v) is 18.9. The van der Waals surface area contributed by atoms with E-state index in [9.17, 15) is 36.2 Å². The molecule has 0 aromatic heterocycles. The van der Waals surface area contributed by atoms with Gasteiger partial charge in [0, 0.05) is 25.6 Å². The highest BCUT2D eigenvalue weighted by atomic mass is 19.4. The molecule has 1 atom stereocenters. The Labute approximate surface area is 199 Å². The van der Waals surface area contributed by atoms with Crippen molar-refractivity contribution in [2.24, 2.45) is 5.92 Å². The first-order valence-corrected chi connectivity index (χ1v) is 11.3. The van der Waals surface area contributed by atoms with Crippen LogP contribution >= 0.6 is 0 Å². The molecule has 1 aliphatic rings. The van der Waals surface area contributed by atoms with Crippen LogP contribution in [0.4, 0.5) is 26.3 Å². The SMILES string of the molecule is O=C(O)[C@@H]1CCCN(CCOCCC(c2ccc(C(F)(F)F)cc2)c2ccc(C(F)(F)F)cc2)C1. The molecule has 1 N–H and O–H groups in total. The van der Waals surface area contributed by atoms with Gasteiger partial charge in [0.25, 0.3) is 0 Å². The molecular weight excluding hydrogens is 476 g/mol. The maximum atomic E-state index is 12.9. The number of carbonyl (C=O) groups is 1. The fourth-order valence-corrected chi connectivity index (χ4v) is 4.29. The second kappa shape index (κ2) is 11.4. The lowest BCUT2D eigenvalue weighted by Crippen LogP contribution is -2.40. The summed E-state index contributed by atoms with van der Waals surface area (Å²) in [5.74, 6) is -1.66. The number of aliphatic carboxylic acids is 1. The lowest BCUT2D eigenvalue weighted by Gasteiger charge is -2.30. The molecule has 1 saturated heterocycles. The predicted octanol–water partition coefficient (Wildman–Crippen LogP) is 6.06. The molecule has 0 spiro atoms. The summed E-state index contributed by atoms with van der Waals surface area (Å²) in [6.07, 6.45) is -7.18. The number of nitrogens with zero attached hydrogens (tertiary/aromatic N) is 1. The van der Waals surface area contributed by atoms with E-state index >= 15 is 0 Å². The number of rotatable bonds is 9. The van der Waals surface area contributed by atoms with Gasteiger partial charge in [-0.1, -0.05) is 24.3 Å². The molecule has 1 fully saturated rings. The van der Waals surface area contributed by atoms with E-state index in [0.717, 1.165) is 37.2 Å². The average molecular weight is 503 g/mol. The van der Waals surface area contributed by atoms with Gasteiger partial charge in [-0.05, 0) is 61.2 Å². The summed E-state index contributed by atoms with van der Waals surface area (Å²) >= 11 is 0. The van der Waals surface area contributed by atoms with E-state index in [1.54, 1.807) is 0 Å². The van der Waals surface area contributed by atoms with Crippen molar-refractivity contribution in [3.63, 3.8) is 0 Å². The molecule has 0 aliphatic carbocycles. The summed E-state index contributed by atoms with van der Waals surface area (Å²) in [6.45, 7) is 2.38. The van der Waals surface area contributed by atoms with Gasteiger partial charge in [0.2, 0.25) is 0 Å². The third kappa shape index (κ3) is 7.70. The minimum absolute atomic E-state index is 0.239. The lowest BCUT2D eigenvalue weighted by atomic mass is 9.88. The Morgan fingerprint density at radius 2 is 1.43 bits per heavy atom. The van der Waals surface area contributed by atoms with Crippen LogP contribution in [0.15, 0.2) is 48.5 Å². The second-order valence-corrected chi connectivity index (χ2v) is 8.67. The maximum Gasteiger partial charge on any atom is 0.416 e. The molecule has 2 aromatic rings. The van der Waals surface area contributed by atoms with Gasteiger partial charge in [0.15, 0.2) is 0 Å². The summed E-state index contributed by atoms with van der Waals surface area (Å²) in [7, 11) is 0. The first-order valence-electron chi connectivity index (χ1n) is 11.3. The number of carboxylic acid groups (broad SMARTS) is 1. The molecule has 1 aliphatic heterocycles. The molecule has 1 heterocycles. The third-order valence-corrected chi connectivity index (χ3v) is 6.24. The lowest BCUT2D eigenvalue weighted by molar-refractivity contribution is -0.143. The van der Waals surface area contributed by atoms with Crippen LogP contribution in [0.25, 0.3) is 0 Å². The molecule has 0 unspecified atom stereocenters. The Morgan fingerprint density at radius 3 is 1.89 bits per heavy atom. The van der Waals surface area contributed by atoms with Crippen LogP contribution in [0.2, 0.25) is 0 Å². The zero-order valence-electron chi connectivity index (χ0n) is 18.9. The van der Waals surface area contributed by atoms with Gasteiger partial charge in [-0.3, -0.25) is 4.79 Å². The summed E-state index contributed by atoms with van der Waals surface area (Å²) in [6, 6.07) is 9.20. The van der Waals surface area contributed by atoms with Crippen molar-refractivity contribution in [1.29, 1.82) is 0 Å². The number of halogens is 6. The van der Waals surface area contributed by atoms with E-state index in [1.165, 1.54) is 24.3 Å². The number of piperidine rings is 1. The Bertz CT molecular complexity index is 900. The van der Waals surface area contributed by atoms with Crippen molar-refractivity contribution >= 4 is 5.97 Å².